The van der Waals surface area contributed by atoms with E-state index in [4.69, 9.17) is 19.4 Å². The Morgan fingerprint density at radius 2 is 0.763 bits per heavy atom. The van der Waals surface area contributed by atoms with Crippen molar-refractivity contribution in [1.82, 2.24) is 15.0 Å². The van der Waals surface area contributed by atoms with Crippen molar-refractivity contribution >= 4 is 32.7 Å². The molecular formula is C55H35N3O. The molecule has 0 saturated carbocycles. The Morgan fingerprint density at radius 3 is 1.39 bits per heavy atom. The highest BCUT2D eigenvalue weighted by Gasteiger charge is 2.20. The molecule has 0 spiro atoms. The van der Waals surface area contributed by atoms with Gasteiger partial charge in [0.25, 0.3) is 0 Å². The average molecular weight is 754 g/mol. The molecular weight excluding hydrogens is 719 g/mol. The Morgan fingerprint density at radius 1 is 0.288 bits per heavy atom. The zero-order chi connectivity index (χ0) is 39.1. The number of hydrogen-bond acceptors (Lipinski definition) is 4. The van der Waals surface area contributed by atoms with Crippen molar-refractivity contribution in [1.29, 1.82) is 0 Å². The molecule has 4 nitrogen and oxygen atoms in total. The Balaban J connectivity index is 1.08. The lowest BCUT2D eigenvalue weighted by molar-refractivity contribution is 0.670. The second-order valence-electron chi connectivity index (χ2n) is 14.8. The van der Waals surface area contributed by atoms with Gasteiger partial charge in [-0.25, -0.2) is 15.0 Å². The van der Waals surface area contributed by atoms with E-state index in [-0.39, 0.29) is 0 Å². The summed E-state index contributed by atoms with van der Waals surface area (Å²) in [6, 6.07) is 74.0. The van der Waals surface area contributed by atoms with E-state index in [9.17, 15) is 0 Å². The molecule has 0 unspecified atom stereocenters. The summed E-state index contributed by atoms with van der Waals surface area (Å²) in [5.74, 6) is 1.79. The summed E-state index contributed by atoms with van der Waals surface area (Å²) in [5.41, 5.74) is 13.4. The smallest absolute Gasteiger partial charge is 0.164 e. The minimum absolute atomic E-state index is 0.583. The third-order valence-corrected chi connectivity index (χ3v) is 11.2. The largest absolute Gasteiger partial charge is 0.455 e. The molecule has 0 saturated heterocycles. The number of nitrogens with zero attached hydrogens (tertiary/aromatic N) is 3. The first kappa shape index (κ1) is 34.3. The maximum absolute atomic E-state index is 6.83. The van der Waals surface area contributed by atoms with Gasteiger partial charge < -0.3 is 4.42 Å². The van der Waals surface area contributed by atoms with Gasteiger partial charge in [0, 0.05) is 33.0 Å². The molecule has 4 heteroatoms. The molecule has 59 heavy (non-hydrogen) atoms. The monoisotopic (exact) mass is 753 g/mol. The first-order valence-corrected chi connectivity index (χ1v) is 19.8. The Hall–Kier alpha value is -7.95. The molecule has 0 amide bonds. The third-order valence-electron chi connectivity index (χ3n) is 11.2. The number of para-hydroxylation sites is 1. The van der Waals surface area contributed by atoms with Crippen molar-refractivity contribution in [2.24, 2.45) is 0 Å². The van der Waals surface area contributed by atoms with Crippen LogP contribution >= 0.6 is 0 Å². The number of furan rings is 1. The summed E-state index contributed by atoms with van der Waals surface area (Å²) in [6.07, 6.45) is 0. The van der Waals surface area contributed by atoms with E-state index in [0.717, 1.165) is 72.0 Å². The first-order chi connectivity index (χ1) is 29.2. The highest BCUT2D eigenvalue weighted by atomic mass is 16.3. The summed E-state index contributed by atoms with van der Waals surface area (Å²) in [6.45, 7) is 0. The number of hydrogen-bond donors (Lipinski definition) is 0. The van der Waals surface area contributed by atoms with E-state index in [2.05, 4.69) is 188 Å². The quantitative estimate of drug-likeness (QED) is 0.163. The Labute approximate surface area is 341 Å². The molecule has 0 N–H and O–H groups in total. The lowest BCUT2D eigenvalue weighted by Gasteiger charge is -2.12. The van der Waals surface area contributed by atoms with Crippen LogP contribution in [0.5, 0.6) is 0 Å². The van der Waals surface area contributed by atoms with Crippen LogP contribution in [0.25, 0.3) is 111 Å². The van der Waals surface area contributed by atoms with Gasteiger partial charge in [-0.15, -0.1) is 0 Å². The van der Waals surface area contributed by atoms with E-state index in [1.807, 2.05) is 24.3 Å². The minimum Gasteiger partial charge on any atom is -0.455 e. The zero-order valence-corrected chi connectivity index (χ0v) is 32.0. The summed E-state index contributed by atoms with van der Waals surface area (Å²) in [5, 5.41) is 4.37. The van der Waals surface area contributed by atoms with Crippen LogP contribution in [0, 0.1) is 0 Å². The number of rotatable bonds is 7. The molecule has 9 aromatic carbocycles. The van der Waals surface area contributed by atoms with Crippen LogP contribution < -0.4 is 0 Å². The van der Waals surface area contributed by atoms with Crippen LogP contribution in [0.3, 0.4) is 0 Å². The van der Waals surface area contributed by atoms with Gasteiger partial charge in [0.2, 0.25) is 0 Å². The van der Waals surface area contributed by atoms with E-state index in [0.29, 0.717) is 17.5 Å². The van der Waals surface area contributed by atoms with E-state index in [1.54, 1.807) is 0 Å². The molecule has 0 atom stereocenters. The normalized spacial score (nSPS) is 11.4. The zero-order valence-electron chi connectivity index (χ0n) is 32.0. The van der Waals surface area contributed by atoms with Crippen LogP contribution in [0.2, 0.25) is 0 Å². The predicted molar refractivity (Wildman–Crippen MR) is 243 cm³/mol. The lowest BCUT2D eigenvalue weighted by atomic mass is 9.92. The molecule has 0 fully saturated rings. The molecule has 0 aliphatic heterocycles. The summed E-state index contributed by atoms with van der Waals surface area (Å²) >= 11 is 0. The van der Waals surface area contributed by atoms with Gasteiger partial charge in [-0.2, -0.15) is 0 Å². The van der Waals surface area contributed by atoms with Crippen molar-refractivity contribution in [3.63, 3.8) is 0 Å². The number of fused-ring (bicyclic) bond motifs is 4. The molecule has 2 heterocycles. The maximum atomic E-state index is 6.83. The molecule has 11 aromatic rings. The second kappa shape index (κ2) is 14.5. The van der Waals surface area contributed by atoms with Gasteiger partial charge in [-0.1, -0.05) is 194 Å². The molecule has 0 bridgehead atoms. The summed E-state index contributed by atoms with van der Waals surface area (Å²) in [4.78, 5) is 15.5. The average Bonchev–Trinajstić information content (AvgIpc) is 3.71. The van der Waals surface area contributed by atoms with Crippen LogP contribution in [0.1, 0.15) is 0 Å². The topological polar surface area (TPSA) is 51.8 Å². The van der Waals surface area contributed by atoms with Crippen LogP contribution in [0.4, 0.5) is 0 Å². The van der Waals surface area contributed by atoms with Gasteiger partial charge in [0.15, 0.2) is 17.5 Å². The molecule has 11 rings (SSSR count). The van der Waals surface area contributed by atoms with Crippen LogP contribution in [-0.4, -0.2) is 15.0 Å². The summed E-state index contributed by atoms with van der Waals surface area (Å²) in [7, 11) is 0. The highest BCUT2D eigenvalue weighted by Crippen LogP contribution is 2.42. The molecule has 0 aliphatic carbocycles. The van der Waals surface area contributed by atoms with Gasteiger partial charge in [-0.05, 0) is 67.9 Å². The van der Waals surface area contributed by atoms with Crippen LogP contribution in [-0.2, 0) is 0 Å². The SMILES string of the molecule is c1ccc(-c2ccc(-c3nc(-c4ccc(-c5ccccc5)cc4)nc(-c4cccc5oc6c(-c7cc(-c8ccccc8)c8ccccc8c7)cccc6c45)n3)cc2)cc1. The number of aromatic nitrogens is 3. The first-order valence-electron chi connectivity index (χ1n) is 19.8. The predicted octanol–water partition coefficient (Wildman–Crippen LogP) is 14.6. The van der Waals surface area contributed by atoms with Crippen molar-refractivity contribution in [2.45, 2.75) is 0 Å². The maximum Gasteiger partial charge on any atom is 0.164 e. The third kappa shape index (κ3) is 6.34. The minimum atomic E-state index is 0.583. The molecule has 276 valence electrons. The van der Waals surface area contributed by atoms with E-state index < -0.39 is 0 Å². The number of benzene rings is 9. The van der Waals surface area contributed by atoms with E-state index in [1.165, 1.54) is 21.9 Å². The van der Waals surface area contributed by atoms with Gasteiger partial charge in [-0.3, -0.25) is 0 Å². The molecule has 2 aromatic heterocycles. The van der Waals surface area contributed by atoms with Gasteiger partial charge in [0.05, 0.1) is 0 Å². The van der Waals surface area contributed by atoms with Crippen molar-refractivity contribution in [2.75, 3.05) is 0 Å². The fourth-order valence-electron chi connectivity index (χ4n) is 8.22. The molecule has 0 aliphatic rings. The second-order valence-corrected chi connectivity index (χ2v) is 14.8. The van der Waals surface area contributed by atoms with Crippen molar-refractivity contribution < 1.29 is 4.42 Å². The molecule has 0 radical (unpaired) electrons. The van der Waals surface area contributed by atoms with Crippen molar-refractivity contribution in [3.8, 4) is 78.7 Å². The van der Waals surface area contributed by atoms with Crippen molar-refractivity contribution in [3.05, 3.63) is 212 Å². The lowest BCUT2D eigenvalue weighted by Crippen LogP contribution is -2.00. The highest BCUT2D eigenvalue weighted by molar-refractivity contribution is 6.15. The van der Waals surface area contributed by atoms with Crippen LogP contribution in [0.15, 0.2) is 217 Å². The Bertz CT molecular complexity index is 3180. The fourth-order valence-corrected chi connectivity index (χ4v) is 8.22. The summed E-state index contributed by atoms with van der Waals surface area (Å²) < 4.78 is 6.83. The van der Waals surface area contributed by atoms with E-state index >= 15 is 0 Å². The fraction of sp³-hybridized carbons (Fsp3) is 0. The van der Waals surface area contributed by atoms with Gasteiger partial charge in [0.1, 0.15) is 11.2 Å². The standard InChI is InChI=1S/C55H35N3O/c1-4-14-36(15-5-1)38-26-30-41(31-27-38)53-56-54(42-32-28-39(29-33-42)37-16-6-2-7-17-37)58-55(57-53)48-24-13-25-50-51(48)47-23-12-22-46(52(47)59-50)44-34-43-20-10-11-21-45(43)49(35-44)40-18-8-3-9-19-40/h1-35H. The Kier molecular flexibility index (Phi) is 8.45. The van der Waals surface area contributed by atoms with Gasteiger partial charge >= 0.3 is 0 Å².